The van der Waals surface area contributed by atoms with Crippen LogP contribution in [0.15, 0.2) is 0 Å². The van der Waals surface area contributed by atoms with Crippen molar-refractivity contribution >= 4 is 5.91 Å². The van der Waals surface area contributed by atoms with Gasteiger partial charge in [-0.25, -0.2) is 0 Å². The fraction of sp³-hybridized carbons (Fsp3) is 0.923. The van der Waals surface area contributed by atoms with Crippen molar-refractivity contribution in [2.75, 3.05) is 13.1 Å². The molecule has 0 aliphatic heterocycles. The van der Waals surface area contributed by atoms with E-state index in [0.29, 0.717) is 17.9 Å². The van der Waals surface area contributed by atoms with Gasteiger partial charge < -0.3 is 10.6 Å². The highest BCUT2D eigenvalue weighted by Crippen LogP contribution is 2.29. The summed E-state index contributed by atoms with van der Waals surface area (Å²) in [5.74, 6) is 1.26. The summed E-state index contributed by atoms with van der Waals surface area (Å²) >= 11 is 0. The van der Waals surface area contributed by atoms with E-state index in [1.165, 1.54) is 0 Å². The standard InChI is InChI=1S/C13H26N2O/c1-4-15(10(2)3)13(16)12-7-5-11(9-14)6-8-12/h10-12H,4-9,14H2,1-3H3. The summed E-state index contributed by atoms with van der Waals surface area (Å²) in [5, 5.41) is 0. The lowest BCUT2D eigenvalue weighted by molar-refractivity contribution is -0.138. The molecule has 0 saturated heterocycles. The van der Waals surface area contributed by atoms with Crippen LogP contribution < -0.4 is 5.73 Å². The minimum absolute atomic E-state index is 0.255. The lowest BCUT2D eigenvalue weighted by Crippen LogP contribution is -2.42. The average Bonchev–Trinajstić information content (AvgIpc) is 2.29. The van der Waals surface area contributed by atoms with Crippen molar-refractivity contribution in [3.05, 3.63) is 0 Å². The van der Waals surface area contributed by atoms with E-state index in [1.54, 1.807) is 0 Å². The molecule has 3 nitrogen and oxygen atoms in total. The first-order chi connectivity index (χ1) is 7.60. The third-order valence-electron chi connectivity index (χ3n) is 3.78. The predicted molar refractivity (Wildman–Crippen MR) is 67.0 cm³/mol. The van der Waals surface area contributed by atoms with E-state index in [9.17, 15) is 4.79 Å². The fourth-order valence-electron chi connectivity index (χ4n) is 2.66. The van der Waals surface area contributed by atoms with Crippen LogP contribution >= 0.6 is 0 Å². The Kier molecular flexibility index (Phi) is 5.26. The maximum absolute atomic E-state index is 12.3. The number of rotatable bonds is 4. The van der Waals surface area contributed by atoms with Gasteiger partial charge in [0.25, 0.3) is 0 Å². The van der Waals surface area contributed by atoms with E-state index in [2.05, 4.69) is 20.8 Å². The van der Waals surface area contributed by atoms with Gasteiger partial charge in [-0.2, -0.15) is 0 Å². The lowest BCUT2D eigenvalue weighted by Gasteiger charge is -2.33. The van der Waals surface area contributed by atoms with E-state index in [0.717, 1.165) is 38.8 Å². The van der Waals surface area contributed by atoms with E-state index in [1.807, 2.05) is 4.90 Å². The van der Waals surface area contributed by atoms with Crippen molar-refractivity contribution in [1.82, 2.24) is 4.90 Å². The van der Waals surface area contributed by atoms with Crippen LogP contribution in [0.3, 0.4) is 0 Å². The summed E-state index contributed by atoms with van der Waals surface area (Å²) < 4.78 is 0. The first kappa shape index (κ1) is 13.5. The van der Waals surface area contributed by atoms with Crippen LogP contribution in [0.4, 0.5) is 0 Å². The maximum Gasteiger partial charge on any atom is 0.225 e. The number of hydrogen-bond acceptors (Lipinski definition) is 2. The molecule has 0 aromatic rings. The van der Waals surface area contributed by atoms with Crippen molar-refractivity contribution in [2.24, 2.45) is 17.6 Å². The van der Waals surface area contributed by atoms with Gasteiger partial charge in [-0.15, -0.1) is 0 Å². The summed E-state index contributed by atoms with van der Waals surface area (Å²) in [7, 11) is 0. The highest BCUT2D eigenvalue weighted by Gasteiger charge is 2.29. The number of amides is 1. The topological polar surface area (TPSA) is 46.3 Å². The van der Waals surface area contributed by atoms with Crippen LogP contribution in [0.25, 0.3) is 0 Å². The molecule has 1 aliphatic rings. The van der Waals surface area contributed by atoms with Gasteiger partial charge in [-0.1, -0.05) is 0 Å². The summed E-state index contributed by atoms with van der Waals surface area (Å²) in [5.41, 5.74) is 5.66. The second-order valence-electron chi connectivity index (χ2n) is 5.17. The highest BCUT2D eigenvalue weighted by atomic mass is 16.2. The summed E-state index contributed by atoms with van der Waals surface area (Å²) in [6.07, 6.45) is 4.32. The second kappa shape index (κ2) is 6.24. The smallest absolute Gasteiger partial charge is 0.225 e. The second-order valence-corrected chi connectivity index (χ2v) is 5.17. The quantitative estimate of drug-likeness (QED) is 0.797. The van der Waals surface area contributed by atoms with Crippen molar-refractivity contribution in [3.8, 4) is 0 Å². The van der Waals surface area contributed by atoms with Crippen LogP contribution in [-0.4, -0.2) is 29.9 Å². The Morgan fingerprint density at radius 2 is 1.88 bits per heavy atom. The molecule has 94 valence electrons. The summed E-state index contributed by atoms with van der Waals surface area (Å²) in [6, 6.07) is 0.324. The third kappa shape index (κ3) is 3.21. The van der Waals surface area contributed by atoms with E-state index >= 15 is 0 Å². The first-order valence-corrected chi connectivity index (χ1v) is 6.60. The molecule has 1 rings (SSSR count). The van der Waals surface area contributed by atoms with Crippen molar-refractivity contribution in [3.63, 3.8) is 0 Å². The third-order valence-corrected chi connectivity index (χ3v) is 3.78. The zero-order chi connectivity index (χ0) is 12.1. The first-order valence-electron chi connectivity index (χ1n) is 6.60. The number of carbonyl (C=O) groups is 1. The molecular formula is C13H26N2O. The monoisotopic (exact) mass is 226 g/mol. The fourth-order valence-corrected chi connectivity index (χ4v) is 2.66. The molecule has 0 atom stereocenters. The molecule has 16 heavy (non-hydrogen) atoms. The van der Waals surface area contributed by atoms with E-state index in [4.69, 9.17) is 5.73 Å². The minimum Gasteiger partial charge on any atom is -0.340 e. The Balaban J connectivity index is 2.49. The van der Waals surface area contributed by atoms with Gasteiger partial charge in [-0.05, 0) is 58.9 Å². The van der Waals surface area contributed by atoms with Gasteiger partial charge in [0, 0.05) is 18.5 Å². The maximum atomic E-state index is 12.3. The van der Waals surface area contributed by atoms with Gasteiger partial charge in [-0.3, -0.25) is 4.79 Å². The molecular weight excluding hydrogens is 200 g/mol. The Bertz CT molecular complexity index is 220. The minimum atomic E-state index is 0.255. The van der Waals surface area contributed by atoms with Gasteiger partial charge in [0.1, 0.15) is 0 Å². The molecule has 0 unspecified atom stereocenters. The molecule has 0 heterocycles. The molecule has 0 aromatic carbocycles. The number of nitrogens with two attached hydrogens (primary N) is 1. The van der Waals surface area contributed by atoms with Crippen LogP contribution in [0, 0.1) is 11.8 Å². The van der Waals surface area contributed by atoms with Crippen molar-refractivity contribution in [2.45, 2.75) is 52.5 Å². The van der Waals surface area contributed by atoms with Gasteiger partial charge in [0.2, 0.25) is 5.91 Å². The number of nitrogens with zero attached hydrogens (tertiary/aromatic N) is 1. The van der Waals surface area contributed by atoms with Crippen LogP contribution in [0.1, 0.15) is 46.5 Å². The van der Waals surface area contributed by atoms with Crippen molar-refractivity contribution < 1.29 is 4.79 Å². The SMILES string of the molecule is CCN(C(=O)C1CCC(CN)CC1)C(C)C. The molecule has 0 bridgehead atoms. The van der Waals surface area contributed by atoms with Gasteiger partial charge in [0.15, 0.2) is 0 Å². The highest BCUT2D eigenvalue weighted by molar-refractivity contribution is 5.79. The van der Waals surface area contributed by atoms with E-state index < -0.39 is 0 Å². The van der Waals surface area contributed by atoms with Gasteiger partial charge >= 0.3 is 0 Å². The lowest BCUT2D eigenvalue weighted by atomic mass is 9.81. The summed E-state index contributed by atoms with van der Waals surface area (Å²) in [6.45, 7) is 7.85. The molecule has 1 saturated carbocycles. The predicted octanol–water partition coefficient (Wildman–Crippen LogP) is 2.01. The molecule has 2 N–H and O–H groups in total. The molecule has 0 spiro atoms. The molecule has 0 aromatic heterocycles. The molecule has 0 radical (unpaired) electrons. The Morgan fingerprint density at radius 3 is 2.25 bits per heavy atom. The largest absolute Gasteiger partial charge is 0.340 e. The van der Waals surface area contributed by atoms with Crippen LogP contribution in [0.5, 0.6) is 0 Å². The molecule has 3 heteroatoms. The molecule has 1 aliphatic carbocycles. The Hall–Kier alpha value is -0.570. The normalized spacial score (nSPS) is 25.8. The number of hydrogen-bond donors (Lipinski definition) is 1. The molecule has 1 fully saturated rings. The number of carbonyl (C=O) groups excluding carboxylic acids is 1. The Labute approximate surface area is 99.4 Å². The average molecular weight is 226 g/mol. The summed E-state index contributed by atoms with van der Waals surface area (Å²) in [4.78, 5) is 14.3. The Morgan fingerprint density at radius 1 is 1.31 bits per heavy atom. The van der Waals surface area contributed by atoms with Crippen LogP contribution in [0.2, 0.25) is 0 Å². The van der Waals surface area contributed by atoms with Crippen molar-refractivity contribution in [1.29, 1.82) is 0 Å². The van der Waals surface area contributed by atoms with E-state index in [-0.39, 0.29) is 5.92 Å². The zero-order valence-corrected chi connectivity index (χ0v) is 10.9. The molecule has 1 amide bonds. The van der Waals surface area contributed by atoms with Crippen LogP contribution in [-0.2, 0) is 4.79 Å². The zero-order valence-electron chi connectivity index (χ0n) is 10.9. The van der Waals surface area contributed by atoms with Gasteiger partial charge in [0.05, 0.1) is 0 Å².